The van der Waals surface area contributed by atoms with E-state index in [-0.39, 0.29) is 11.7 Å². The molecule has 2 aliphatic rings. The van der Waals surface area contributed by atoms with Gasteiger partial charge in [-0.15, -0.1) is 0 Å². The zero-order chi connectivity index (χ0) is 21.7. The van der Waals surface area contributed by atoms with Crippen molar-refractivity contribution >= 4 is 17.5 Å². The van der Waals surface area contributed by atoms with Gasteiger partial charge in [-0.1, -0.05) is 6.07 Å². The highest BCUT2D eigenvalue weighted by atomic mass is 19.4. The molecule has 1 aromatic rings. The van der Waals surface area contributed by atoms with Gasteiger partial charge in [0.1, 0.15) is 6.10 Å². The molecule has 30 heavy (non-hydrogen) atoms. The summed E-state index contributed by atoms with van der Waals surface area (Å²) in [6.07, 6.45) is -3.04. The fourth-order valence-corrected chi connectivity index (χ4v) is 3.63. The smallest absolute Gasteiger partial charge is 0.381 e. The maximum absolute atomic E-state index is 12.8. The van der Waals surface area contributed by atoms with Crippen LogP contribution in [0.25, 0.3) is 0 Å². The molecule has 0 radical (unpaired) electrons. The number of carbonyl (C=O) groups is 2. The van der Waals surface area contributed by atoms with Crippen molar-refractivity contribution in [1.29, 1.82) is 0 Å². The van der Waals surface area contributed by atoms with Crippen molar-refractivity contribution in [2.75, 3.05) is 40.0 Å². The fraction of sp³-hybridized carbons (Fsp3) is 0.550. The molecule has 1 unspecified atom stereocenters. The van der Waals surface area contributed by atoms with Crippen molar-refractivity contribution in [1.82, 2.24) is 10.2 Å². The van der Waals surface area contributed by atoms with Gasteiger partial charge in [0.15, 0.2) is 0 Å². The highest BCUT2D eigenvalue weighted by Gasteiger charge is 2.34. The Hall–Kier alpha value is -2.30. The lowest BCUT2D eigenvalue weighted by Gasteiger charge is -2.30. The number of amides is 2. The van der Waals surface area contributed by atoms with Gasteiger partial charge < -0.3 is 14.8 Å². The van der Waals surface area contributed by atoms with Gasteiger partial charge in [0, 0.05) is 45.0 Å². The number of hydrogen-bond acceptors (Lipinski definition) is 5. The van der Waals surface area contributed by atoms with Gasteiger partial charge in [-0.2, -0.15) is 13.2 Å². The van der Waals surface area contributed by atoms with Crippen LogP contribution in [0.1, 0.15) is 28.8 Å². The molecule has 0 saturated carbocycles. The molecule has 1 N–H and O–H groups in total. The van der Waals surface area contributed by atoms with Gasteiger partial charge in [-0.3, -0.25) is 14.5 Å². The molecular weight excluding hydrogens is 403 g/mol. The molecule has 0 aromatic heterocycles. The number of nitrogens with one attached hydrogen (secondary N) is 1. The van der Waals surface area contributed by atoms with Crippen LogP contribution in [0.4, 0.5) is 13.2 Å². The summed E-state index contributed by atoms with van der Waals surface area (Å²) in [4.78, 5) is 30.6. The van der Waals surface area contributed by atoms with E-state index in [1.54, 1.807) is 7.11 Å². The first kappa shape index (κ1) is 22.4. The first-order valence-electron chi connectivity index (χ1n) is 9.68. The number of carbonyl (C=O) groups excluding carboxylic acids is 2. The predicted molar refractivity (Wildman–Crippen MR) is 102 cm³/mol. The Morgan fingerprint density at radius 2 is 2.03 bits per heavy atom. The van der Waals surface area contributed by atoms with Crippen molar-refractivity contribution < 1.29 is 32.2 Å². The third kappa shape index (κ3) is 5.65. The number of alkyl halides is 3. The Labute approximate surface area is 172 Å². The lowest BCUT2D eigenvalue weighted by molar-refractivity contribution is -0.137. The molecule has 3 rings (SSSR count). The average molecular weight is 427 g/mol. The van der Waals surface area contributed by atoms with Gasteiger partial charge in [-0.05, 0) is 31.0 Å². The molecule has 10 heteroatoms. The van der Waals surface area contributed by atoms with Crippen LogP contribution in [-0.2, 0) is 20.4 Å². The van der Waals surface area contributed by atoms with E-state index in [0.29, 0.717) is 38.1 Å². The Balaban J connectivity index is 1.57. The van der Waals surface area contributed by atoms with Crippen molar-refractivity contribution in [2.45, 2.75) is 31.2 Å². The summed E-state index contributed by atoms with van der Waals surface area (Å²) in [5.41, 5.74) is -0.516. The second-order valence-electron chi connectivity index (χ2n) is 7.26. The molecule has 2 heterocycles. The second-order valence-corrected chi connectivity index (χ2v) is 7.26. The minimum absolute atomic E-state index is 0.174. The standard InChI is InChI=1S/C20H24F3N3O4/c1-29-17-12-26(15-5-7-30-8-6-15)11-16(17)25-18(27)10-24-19(28)13-3-2-4-14(9-13)20(21,22)23/h2-4,9,15,17H,5-8,10-12H2,1H3,(H,24,28). The summed E-state index contributed by atoms with van der Waals surface area (Å²) in [6, 6.07) is 4.37. The maximum Gasteiger partial charge on any atom is 0.416 e. The molecule has 164 valence electrons. The lowest BCUT2D eigenvalue weighted by atomic mass is 10.1. The van der Waals surface area contributed by atoms with Gasteiger partial charge >= 0.3 is 6.18 Å². The van der Waals surface area contributed by atoms with Crippen LogP contribution in [0, 0.1) is 0 Å². The van der Waals surface area contributed by atoms with E-state index in [4.69, 9.17) is 9.47 Å². The Morgan fingerprint density at radius 3 is 2.70 bits per heavy atom. The molecule has 0 spiro atoms. The summed E-state index contributed by atoms with van der Waals surface area (Å²) in [6.45, 7) is 2.12. The maximum atomic E-state index is 12.8. The van der Waals surface area contributed by atoms with E-state index in [9.17, 15) is 22.8 Å². The third-order valence-corrected chi connectivity index (χ3v) is 5.25. The summed E-state index contributed by atoms with van der Waals surface area (Å²) < 4.78 is 49.2. The largest absolute Gasteiger partial charge is 0.416 e. The number of hydrogen-bond donors (Lipinski definition) is 1. The molecule has 0 bridgehead atoms. The third-order valence-electron chi connectivity index (χ3n) is 5.25. The van der Waals surface area contributed by atoms with Crippen molar-refractivity contribution in [3.05, 3.63) is 35.4 Å². The lowest BCUT2D eigenvalue weighted by Crippen LogP contribution is -2.38. The Kier molecular flexibility index (Phi) is 7.22. The molecule has 2 amide bonds. The van der Waals surface area contributed by atoms with E-state index in [0.717, 1.165) is 31.0 Å². The predicted octanol–water partition coefficient (Wildman–Crippen LogP) is 1.91. The summed E-state index contributed by atoms with van der Waals surface area (Å²) >= 11 is 0. The molecule has 2 aliphatic heterocycles. The van der Waals surface area contributed by atoms with Crippen LogP contribution in [0.15, 0.2) is 29.3 Å². The first-order chi connectivity index (χ1) is 14.3. The molecule has 2 saturated heterocycles. The number of nitrogens with zero attached hydrogens (tertiary/aromatic N) is 2. The van der Waals surface area contributed by atoms with E-state index >= 15 is 0 Å². The zero-order valence-corrected chi connectivity index (χ0v) is 16.6. The van der Waals surface area contributed by atoms with E-state index in [2.05, 4.69) is 15.2 Å². The highest BCUT2D eigenvalue weighted by Crippen LogP contribution is 2.29. The van der Waals surface area contributed by atoms with Gasteiger partial charge in [0.25, 0.3) is 11.8 Å². The Bertz CT molecular complexity index is 807. The van der Waals surface area contributed by atoms with Crippen LogP contribution >= 0.6 is 0 Å². The van der Waals surface area contributed by atoms with Gasteiger partial charge in [0.05, 0.1) is 17.8 Å². The fourth-order valence-electron chi connectivity index (χ4n) is 3.63. The van der Waals surface area contributed by atoms with Crippen molar-refractivity contribution in [3.63, 3.8) is 0 Å². The molecule has 2 fully saturated rings. The normalized spacial score (nSPS) is 22.4. The van der Waals surface area contributed by atoms with Gasteiger partial charge in [-0.25, -0.2) is 4.99 Å². The van der Waals surface area contributed by atoms with Crippen LogP contribution in [0.3, 0.4) is 0 Å². The minimum Gasteiger partial charge on any atom is -0.381 e. The number of ether oxygens (including phenoxy) is 2. The topological polar surface area (TPSA) is 80.2 Å². The Morgan fingerprint density at radius 1 is 1.30 bits per heavy atom. The number of rotatable bonds is 5. The minimum atomic E-state index is -4.55. The molecular formula is C20H24F3N3O4. The molecule has 0 aliphatic carbocycles. The van der Waals surface area contributed by atoms with Crippen LogP contribution in [-0.4, -0.2) is 74.5 Å². The van der Waals surface area contributed by atoms with Crippen molar-refractivity contribution in [3.8, 4) is 0 Å². The number of aliphatic imine (C=N–C) groups is 1. The number of benzene rings is 1. The summed E-state index contributed by atoms with van der Waals surface area (Å²) in [5.74, 6) is -1.35. The summed E-state index contributed by atoms with van der Waals surface area (Å²) in [5, 5.41) is 2.32. The van der Waals surface area contributed by atoms with Crippen LogP contribution in [0.2, 0.25) is 0 Å². The SMILES string of the molecule is COC1CN(C2CCOCC2)CC1=NC(=O)CNC(=O)c1cccc(C(F)(F)F)c1. The molecule has 1 atom stereocenters. The van der Waals surface area contributed by atoms with Gasteiger partial charge in [0.2, 0.25) is 0 Å². The first-order valence-corrected chi connectivity index (χ1v) is 9.68. The average Bonchev–Trinajstić information content (AvgIpc) is 3.15. The van der Waals surface area contributed by atoms with Crippen molar-refractivity contribution in [2.24, 2.45) is 4.99 Å². The van der Waals surface area contributed by atoms with E-state index in [1.807, 2.05) is 0 Å². The van der Waals surface area contributed by atoms with E-state index < -0.39 is 30.1 Å². The number of methoxy groups -OCH3 is 1. The zero-order valence-electron chi connectivity index (χ0n) is 16.6. The van der Waals surface area contributed by atoms with E-state index in [1.165, 1.54) is 6.07 Å². The monoisotopic (exact) mass is 427 g/mol. The second kappa shape index (κ2) is 9.67. The van der Waals surface area contributed by atoms with Crippen LogP contribution in [0.5, 0.6) is 0 Å². The van der Waals surface area contributed by atoms with Crippen LogP contribution < -0.4 is 5.32 Å². The highest BCUT2D eigenvalue weighted by molar-refractivity contribution is 6.03. The quantitative estimate of drug-likeness (QED) is 0.777. The molecule has 7 nitrogen and oxygen atoms in total. The summed E-state index contributed by atoms with van der Waals surface area (Å²) in [7, 11) is 1.55. The number of halogens is 3. The molecule has 1 aromatic carbocycles. The number of likely N-dealkylation sites (tertiary alicyclic amines) is 1.